The molecule has 71 heavy (non-hydrogen) atoms. The van der Waals surface area contributed by atoms with E-state index in [0.29, 0.717) is 19.3 Å². The maximum Gasteiger partial charge on any atom is 0.306 e. The van der Waals surface area contributed by atoms with Crippen LogP contribution in [0, 0.1) is 0 Å². The Morgan fingerprint density at radius 1 is 0.282 bits per heavy atom. The molecule has 0 aromatic carbocycles. The highest BCUT2D eigenvalue weighted by atomic mass is 16.6. The van der Waals surface area contributed by atoms with Crippen molar-refractivity contribution in [1.82, 2.24) is 0 Å². The fourth-order valence-electron chi connectivity index (χ4n) is 8.79. The third-order valence-corrected chi connectivity index (χ3v) is 13.5. The zero-order valence-corrected chi connectivity index (χ0v) is 47.2. The van der Waals surface area contributed by atoms with Crippen LogP contribution in [0.4, 0.5) is 0 Å². The largest absolute Gasteiger partial charge is 0.462 e. The van der Waals surface area contributed by atoms with E-state index >= 15 is 0 Å². The van der Waals surface area contributed by atoms with Gasteiger partial charge in [0, 0.05) is 19.3 Å². The SMILES string of the molecule is CCCCCC/C=C\C/C=C\CCCCCCCC(=O)OC(COC(=O)CCCCCCC/C=C\CCCCCCCCC)COC(=O)CCCCCCCCCCC/C=C\C/C=C\CCCCCCC. The molecule has 0 radical (unpaired) electrons. The lowest BCUT2D eigenvalue weighted by atomic mass is 10.1. The van der Waals surface area contributed by atoms with Crippen LogP contribution in [0.2, 0.25) is 0 Å². The summed E-state index contributed by atoms with van der Waals surface area (Å²) in [6, 6.07) is 0. The van der Waals surface area contributed by atoms with E-state index in [1.807, 2.05) is 0 Å². The third-order valence-electron chi connectivity index (χ3n) is 13.5. The van der Waals surface area contributed by atoms with Crippen LogP contribution in [-0.4, -0.2) is 37.2 Å². The predicted octanol–water partition coefficient (Wildman–Crippen LogP) is 20.8. The molecule has 0 fully saturated rings. The van der Waals surface area contributed by atoms with Crippen molar-refractivity contribution in [2.24, 2.45) is 0 Å². The van der Waals surface area contributed by atoms with E-state index in [2.05, 4.69) is 81.5 Å². The number of hydrogen-bond acceptors (Lipinski definition) is 6. The molecule has 0 aliphatic rings. The van der Waals surface area contributed by atoms with Gasteiger partial charge in [-0.15, -0.1) is 0 Å². The number of hydrogen-bond donors (Lipinski definition) is 0. The molecule has 6 heteroatoms. The van der Waals surface area contributed by atoms with Gasteiger partial charge in [0.25, 0.3) is 0 Å². The van der Waals surface area contributed by atoms with Gasteiger partial charge in [0.15, 0.2) is 6.10 Å². The zero-order chi connectivity index (χ0) is 51.4. The molecule has 0 aromatic rings. The molecular weight excluding hydrogens is 877 g/mol. The molecule has 0 amide bonds. The van der Waals surface area contributed by atoms with Crippen molar-refractivity contribution in [1.29, 1.82) is 0 Å². The topological polar surface area (TPSA) is 78.9 Å². The van der Waals surface area contributed by atoms with Gasteiger partial charge in [0.2, 0.25) is 0 Å². The number of carbonyl (C=O) groups is 3. The zero-order valence-electron chi connectivity index (χ0n) is 47.2. The van der Waals surface area contributed by atoms with Gasteiger partial charge < -0.3 is 14.2 Å². The maximum atomic E-state index is 12.9. The molecule has 412 valence electrons. The average molecular weight is 994 g/mol. The molecule has 0 aliphatic heterocycles. The van der Waals surface area contributed by atoms with Gasteiger partial charge in [-0.3, -0.25) is 14.4 Å². The van der Waals surface area contributed by atoms with Crippen molar-refractivity contribution < 1.29 is 28.6 Å². The Balaban J connectivity index is 4.38. The van der Waals surface area contributed by atoms with E-state index in [-0.39, 0.29) is 31.1 Å². The smallest absolute Gasteiger partial charge is 0.306 e. The summed E-state index contributed by atoms with van der Waals surface area (Å²) in [5, 5.41) is 0. The fraction of sp³-hybridized carbons (Fsp3) is 0.800. The van der Waals surface area contributed by atoms with E-state index < -0.39 is 6.10 Å². The van der Waals surface area contributed by atoms with Crippen LogP contribution < -0.4 is 0 Å². The fourth-order valence-corrected chi connectivity index (χ4v) is 8.79. The second-order valence-electron chi connectivity index (χ2n) is 20.6. The van der Waals surface area contributed by atoms with Gasteiger partial charge in [-0.2, -0.15) is 0 Å². The molecule has 6 nitrogen and oxygen atoms in total. The second-order valence-corrected chi connectivity index (χ2v) is 20.6. The Morgan fingerprint density at radius 3 is 0.803 bits per heavy atom. The summed E-state index contributed by atoms with van der Waals surface area (Å²) in [6.07, 6.45) is 75.0. The molecule has 0 aliphatic carbocycles. The lowest BCUT2D eigenvalue weighted by molar-refractivity contribution is -0.167. The van der Waals surface area contributed by atoms with Gasteiger partial charge in [0.05, 0.1) is 0 Å². The predicted molar refractivity (Wildman–Crippen MR) is 307 cm³/mol. The van der Waals surface area contributed by atoms with Crippen molar-refractivity contribution in [2.75, 3.05) is 13.2 Å². The Kier molecular flexibility index (Phi) is 57.2. The van der Waals surface area contributed by atoms with E-state index in [1.54, 1.807) is 0 Å². The summed E-state index contributed by atoms with van der Waals surface area (Å²) in [5.74, 6) is -0.896. The Bertz CT molecular complexity index is 1280. The first-order valence-corrected chi connectivity index (χ1v) is 30.8. The quantitative estimate of drug-likeness (QED) is 0.0261. The van der Waals surface area contributed by atoms with E-state index in [1.165, 1.54) is 180 Å². The molecular formula is C65H116O6. The van der Waals surface area contributed by atoms with E-state index in [9.17, 15) is 14.4 Å². The van der Waals surface area contributed by atoms with Gasteiger partial charge in [-0.25, -0.2) is 0 Å². The molecule has 0 aromatic heterocycles. The van der Waals surface area contributed by atoms with Crippen LogP contribution in [0.1, 0.15) is 316 Å². The molecule has 0 spiro atoms. The molecule has 0 N–H and O–H groups in total. The number of carbonyl (C=O) groups excluding carboxylic acids is 3. The molecule has 0 saturated carbocycles. The second kappa shape index (κ2) is 59.7. The summed E-state index contributed by atoms with van der Waals surface area (Å²) in [4.78, 5) is 38.2. The summed E-state index contributed by atoms with van der Waals surface area (Å²) >= 11 is 0. The van der Waals surface area contributed by atoms with E-state index in [0.717, 1.165) is 96.3 Å². The lowest BCUT2D eigenvalue weighted by Gasteiger charge is -2.18. The highest BCUT2D eigenvalue weighted by Gasteiger charge is 2.19. The first-order valence-electron chi connectivity index (χ1n) is 30.8. The molecule has 0 heterocycles. The first-order chi connectivity index (χ1) is 35.0. The van der Waals surface area contributed by atoms with Gasteiger partial charge >= 0.3 is 17.9 Å². The lowest BCUT2D eigenvalue weighted by Crippen LogP contribution is -2.30. The normalized spacial score (nSPS) is 12.4. The van der Waals surface area contributed by atoms with Crippen molar-refractivity contribution in [3.8, 4) is 0 Å². The van der Waals surface area contributed by atoms with Crippen LogP contribution in [-0.2, 0) is 28.6 Å². The van der Waals surface area contributed by atoms with Crippen LogP contribution in [0.5, 0.6) is 0 Å². The summed E-state index contributed by atoms with van der Waals surface area (Å²) in [5.41, 5.74) is 0. The average Bonchev–Trinajstić information content (AvgIpc) is 3.37. The maximum absolute atomic E-state index is 12.9. The number of rotatable bonds is 56. The minimum absolute atomic E-state index is 0.0836. The molecule has 0 saturated heterocycles. The summed E-state index contributed by atoms with van der Waals surface area (Å²) in [6.45, 7) is 6.62. The highest BCUT2D eigenvalue weighted by Crippen LogP contribution is 2.15. The Hall–Kier alpha value is -2.89. The van der Waals surface area contributed by atoms with Crippen molar-refractivity contribution in [3.05, 3.63) is 60.8 Å². The molecule has 0 bridgehead atoms. The van der Waals surface area contributed by atoms with Crippen LogP contribution in [0.25, 0.3) is 0 Å². The van der Waals surface area contributed by atoms with Gasteiger partial charge in [-0.05, 0) is 109 Å². The first kappa shape index (κ1) is 68.1. The minimum Gasteiger partial charge on any atom is -0.462 e. The Morgan fingerprint density at radius 2 is 0.507 bits per heavy atom. The van der Waals surface area contributed by atoms with Gasteiger partial charge in [-0.1, -0.05) is 248 Å². The van der Waals surface area contributed by atoms with Crippen LogP contribution >= 0.6 is 0 Å². The number of ether oxygens (including phenoxy) is 3. The summed E-state index contributed by atoms with van der Waals surface area (Å²) in [7, 11) is 0. The third kappa shape index (κ3) is 57.9. The van der Waals surface area contributed by atoms with E-state index in [4.69, 9.17) is 14.2 Å². The van der Waals surface area contributed by atoms with Crippen LogP contribution in [0.15, 0.2) is 60.8 Å². The van der Waals surface area contributed by atoms with Crippen molar-refractivity contribution in [2.45, 2.75) is 322 Å². The van der Waals surface area contributed by atoms with Crippen LogP contribution in [0.3, 0.4) is 0 Å². The number of esters is 3. The van der Waals surface area contributed by atoms with Gasteiger partial charge in [0.1, 0.15) is 13.2 Å². The van der Waals surface area contributed by atoms with Crippen molar-refractivity contribution in [3.63, 3.8) is 0 Å². The molecule has 1 atom stereocenters. The summed E-state index contributed by atoms with van der Waals surface area (Å²) < 4.78 is 16.9. The minimum atomic E-state index is -0.787. The number of allylic oxidation sites excluding steroid dienone is 10. The monoisotopic (exact) mass is 993 g/mol. The Labute approximate surface area is 440 Å². The van der Waals surface area contributed by atoms with Crippen molar-refractivity contribution >= 4 is 17.9 Å². The molecule has 0 rings (SSSR count). The highest BCUT2D eigenvalue weighted by molar-refractivity contribution is 5.71. The standard InChI is InChI=1S/C65H116O6/c1-4-7-10-13-16-19-22-25-28-31-32-33-34-35-38-40-43-46-49-52-55-58-64(67)70-61-62(71-65(68)59-56-53-50-47-44-41-37-30-27-24-21-18-15-12-9-6-3)60-69-63(66)57-54-51-48-45-42-39-36-29-26-23-20-17-14-11-8-5-2/h21-22,24-25,29-32,36-37,62H,4-20,23,26-28,33-35,38-61H2,1-3H3/b24-21-,25-22-,32-31-,36-29-,37-30-. The molecule has 1 unspecified atom stereocenters. The number of unbranched alkanes of at least 4 members (excludes halogenated alkanes) is 35.